The number of halogens is 1. The van der Waals surface area contributed by atoms with Crippen molar-refractivity contribution in [3.05, 3.63) is 30.1 Å². The molecule has 0 aliphatic carbocycles. The van der Waals surface area contributed by atoms with Gasteiger partial charge in [0.05, 0.1) is 6.61 Å². The molecule has 1 aliphatic heterocycles. The average molecular weight is 280 g/mol. The van der Waals surface area contributed by atoms with E-state index in [1.165, 1.54) is 12.1 Å². The Balaban J connectivity index is 1.57. The van der Waals surface area contributed by atoms with E-state index < -0.39 is 0 Å². The first-order valence-electron chi connectivity index (χ1n) is 7.12. The molecule has 1 saturated heterocycles. The molecule has 0 aromatic heterocycles. The van der Waals surface area contributed by atoms with Crippen LogP contribution in [0.2, 0.25) is 0 Å². The fourth-order valence-electron chi connectivity index (χ4n) is 2.23. The first kappa shape index (κ1) is 14.8. The molecule has 1 fully saturated rings. The lowest BCUT2D eigenvalue weighted by molar-refractivity contribution is -0.125. The molecule has 0 spiro atoms. The van der Waals surface area contributed by atoms with E-state index in [9.17, 15) is 9.18 Å². The van der Waals surface area contributed by atoms with E-state index in [2.05, 4.69) is 10.6 Å². The predicted octanol–water partition coefficient (Wildman–Crippen LogP) is 1.71. The number of rotatable bonds is 6. The molecule has 1 amide bonds. The zero-order chi connectivity index (χ0) is 14.2. The third kappa shape index (κ3) is 4.81. The summed E-state index contributed by atoms with van der Waals surface area (Å²) in [6.45, 7) is 2.97. The molecule has 0 saturated carbocycles. The lowest BCUT2D eigenvalue weighted by atomic mass is 9.97. The van der Waals surface area contributed by atoms with E-state index in [1.54, 1.807) is 12.1 Å². The van der Waals surface area contributed by atoms with Gasteiger partial charge in [0.15, 0.2) is 0 Å². The zero-order valence-corrected chi connectivity index (χ0v) is 11.5. The number of carbonyl (C=O) groups excluding carboxylic acids is 1. The molecule has 0 unspecified atom stereocenters. The number of carbonyl (C=O) groups is 1. The highest BCUT2D eigenvalue weighted by molar-refractivity contribution is 5.78. The Morgan fingerprint density at radius 1 is 1.30 bits per heavy atom. The number of hydrogen-bond acceptors (Lipinski definition) is 3. The second-order valence-electron chi connectivity index (χ2n) is 4.97. The van der Waals surface area contributed by atoms with Gasteiger partial charge in [0.25, 0.3) is 0 Å². The van der Waals surface area contributed by atoms with Gasteiger partial charge in [-0.2, -0.15) is 0 Å². The van der Waals surface area contributed by atoms with Crippen molar-refractivity contribution in [3.63, 3.8) is 0 Å². The van der Waals surface area contributed by atoms with Crippen LogP contribution in [0, 0.1) is 11.7 Å². The van der Waals surface area contributed by atoms with Gasteiger partial charge in [0.1, 0.15) is 11.6 Å². The van der Waals surface area contributed by atoms with Gasteiger partial charge in [-0.05, 0) is 56.6 Å². The fraction of sp³-hybridized carbons (Fsp3) is 0.533. The fourth-order valence-corrected chi connectivity index (χ4v) is 2.23. The zero-order valence-electron chi connectivity index (χ0n) is 11.5. The van der Waals surface area contributed by atoms with Crippen LogP contribution in [0.15, 0.2) is 24.3 Å². The number of hydrogen-bond donors (Lipinski definition) is 2. The molecular formula is C15H21FN2O2. The van der Waals surface area contributed by atoms with Crippen molar-refractivity contribution >= 4 is 5.91 Å². The molecule has 2 N–H and O–H groups in total. The van der Waals surface area contributed by atoms with Gasteiger partial charge < -0.3 is 15.4 Å². The van der Waals surface area contributed by atoms with Crippen molar-refractivity contribution < 1.29 is 13.9 Å². The van der Waals surface area contributed by atoms with Crippen molar-refractivity contribution in [2.75, 3.05) is 26.2 Å². The van der Waals surface area contributed by atoms with Crippen LogP contribution in [0.3, 0.4) is 0 Å². The first-order chi connectivity index (χ1) is 9.75. The summed E-state index contributed by atoms with van der Waals surface area (Å²) >= 11 is 0. The lowest BCUT2D eigenvalue weighted by Crippen LogP contribution is -2.38. The quantitative estimate of drug-likeness (QED) is 0.780. The topological polar surface area (TPSA) is 50.4 Å². The van der Waals surface area contributed by atoms with Crippen LogP contribution in [0.4, 0.5) is 4.39 Å². The number of benzene rings is 1. The molecule has 1 heterocycles. The summed E-state index contributed by atoms with van der Waals surface area (Å²) < 4.78 is 18.1. The smallest absolute Gasteiger partial charge is 0.223 e. The Hall–Kier alpha value is -1.62. The summed E-state index contributed by atoms with van der Waals surface area (Å²) in [7, 11) is 0. The Morgan fingerprint density at radius 3 is 2.70 bits per heavy atom. The van der Waals surface area contributed by atoms with Gasteiger partial charge in [0, 0.05) is 12.5 Å². The summed E-state index contributed by atoms with van der Waals surface area (Å²) in [6, 6.07) is 5.94. The van der Waals surface area contributed by atoms with E-state index in [-0.39, 0.29) is 17.6 Å². The molecule has 2 rings (SSSR count). The molecule has 20 heavy (non-hydrogen) atoms. The van der Waals surface area contributed by atoms with Gasteiger partial charge in [-0.1, -0.05) is 0 Å². The van der Waals surface area contributed by atoms with E-state index in [4.69, 9.17) is 4.74 Å². The van der Waals surface area contributed by atoms with Crippen LogP contribution in [-0.2, 0) is 4.79 Å². The largest absolute Gasteiger partial charge is 0.494 e. The standard InChI is InChI=1S/C15H21FN2O2/c16-13-2-4-14(5-3-13)20-11-1-8-18-15(19)12-6-9-17-10-7-12/h2-5,12,17H,1,6-11H2,(H,18,19). The highest BCUT2D eigenvalue weighted by atomic mass is 19.1. The number of ether oxygens (including phenoxy) is 1. The van der Waals surface area contributed by atoms with Crippen LogP contribution >= 0.6 is 0 Å². The Bertz CT molecular complexity index is 416. The number of amides is 1. The highest BCUT2D eigenvalue weighted by Gasteiger charge is 2.19. The minimum atomic E-state index is -0.272. The Kier molecular flexibility index (Phi) is 5.80. The summed E-state index contributed by atoms with van der Waals surface area (Å²) in [4.78, 5) is 11.8. The minimum Gasteiger partial charge on any atom is -0.494 e. The molecule has 0 bridgehead atoms. The van der Waals surface area contributed by atoms with E-state index in [1.807, 2.05) is 0 Å². The molecule has 4 nitrogen and oxygen atoms in total. The van der Waals surface area contributed by atoms with E-state index >= 15 is 0 Å². The summed E-state index contributed by atoms with van der Waals surface area (Å²) in [5.41, 5.74) is 0. The monoisotopic (exact) mass is 280 g/mol. The normalized spacial score (nSPS) is 15.8. The lowest BCUT2D eigenvalue weighted by Gasteiger charge is -2.21. The molecule has 1 aromatic carbocycles. The third-order valence-electron chi connectivity index (χ3n) is 3.41. The summed E-state index contributed by atoms with van der Waals surface area (Å²) in [5.74, 6) is 0.671. The van der Waals surface area contributed by atoms with Gasteiger partial charge in [-0.3, -0.25) is 4.79 Å². The van der Waals surface area contributed by atoms with Crippen molar-refractivity contribution in [3.8, 4) is 5.75 Å². The maximum Gasteiger partial charge on any atom is 0.223 e. The average Bonchev–Trinajstić information content (AvgIpc) is 2.49. The molecule has 110 valence electrons. The SMILES string of the molecule is O=C(NCCCOc1ccc(F)cc1)C1CCNCC1. The second kappa shape index (κ2) is 7.85. The van der Waals surface area contributed by atoms with Crippen molar-refractivity contribution in [2.45, 2.75) is 19.3 Å². The van der Waals surface area contributed by atoms with Crippen LogP contribution in [0.5, 0.6) is 5.75 Å². The summed E-state index contributed by atoms with van der Waals surface area (Å²) in [6.07, 6.45) is 2.57. The van der Waals surface area contributed by atoms with Crippen molar-refractivity contribution in [1.82, 2.24) is 10.6 Å². The molecular weight excluding hydrogens is 259 g/mol. The second-order valence-corrected chi connectivity index (χ2v) is 4.97. The van der Waals surface area contributed by atoms with Gasteiger partial charge in [-0.15, -0.1) is 0 Å². The first-order valence-corrected chi connectivity index (χ1v) is 7.12. The van der Waals surface area contributed by atoms with Gasteiger partial charge in [0.2, 0.25) is 5.91 Å². The van der Waals surface area contributed by atoms with Crippen LogP contribution in [0.25, 0.3) is 0 Å². The number of piperidine rings is 1. The maximum absolute atomic E-state index is 12.7. The summed E-state index contributed by atoms with van der Waals surface area (Å²) in [5, 5.41) is 6.18. The van der Waals surface area contributed by atoms with Crippen LogP contribution in [-0.4, -0.2) is 32.1 Å². The van der Waals surface area contributed by atoms with E-state index in [0.29, 0.717) is 18.9 Å². The van der Waals surface area contributed by atoms with Gasteiger partial charge in [-0.25, -0.2) is 4.39 Å². The predicted molar refractivity (Wildman–Crippen MR) is 75.1 cm³/mol. The Labute approximate surface area is 118 Å². The van der Waals surface area contributed by atoms with Crippen molar-refractivity contribution in [2.24, 2.45) is 5.92 Å². The molecule has 1 aliphatic rings. The van der Waals surface area contributed by atoms with Crippen molar-refractivity contribution in [1.29, 1.82) is 0 Å². The highest BCUT2D eigenvalue weighted by Crippen LogP contribution is 2.12. The third-order valence-corrected chi connectivity index (χ3v) is 3.41. The molecule has 5 heteroatoms. The number of nitrogens with one attached hydrogen (secondary N) is 2. The Morgan fingerprint density at radius 2 is 2.00 bits per heavy atom. The van der Waals surface area contributed by atoms with Gasteiger partial charge >= 0.3 is 0 Å². The van der Waals surface area contributed by atoms with E-state index in [0.717, 1.165) is 32.4 Å². The maximum atomic E-state index is 12.7. The van der Waals surface area contributed by atoms with Crippen LogP contribution in [0.1, 0.15) is 19.3 Å². The van der Waals surface area contributed by atoms with Crippen LogP contribution < -0.4 is 15.4 Å². The molecule has 0 atom stereocenters. The minimum absolute atomic E-state index is 0.147. The molecule has 1 aromatic rings. The molecule has 0 radical (unpaired) electrons.